The maximum absolute atomic E-state index is 11.5. The Morgan fingerprint density at radius 3 is 2.89 bits per heavy atom. The van der Waals surface area contributed by atoms with Crippen LogP contribution >= 0.6 is 38.9 Å². The van der Waals surface area contributed by atoms with E-state index in [-0.39, 0.29) is 5.97 Å². The molecule has 4 nitrogen and oxygen atoms in total. The highest BCUT2D eigenvalue weighted by molar-refractivity contribution is 9.10. The topological polar surface area (TPSA) is 51.2 Å². The van der Waals surface area contributed by atoms with Crippen molar-refractivity contribution in [2.24, 2.45) is 0 Å². The lowest BCUT2D eigenvalue weighted by atomic mass is 10.3. The predicted octanol–water partition coefficient (Wildman–Crippen LogP) is 4.40. The number of aryl methyl sites for hydroxylation is 1. The van der Waals surface area contributed by atoms with Crippen LogP contribution in [0.15, 0.2) is 22.7 Å². The number of ether oxygens (including phenoxy) is 1. The monoisotopic (exact) mass is 360 g/mol. The van der Waals surface area contributed by atoms with Gasteiger partial charge in [-0.3, -0.25) is 0 Å². The fourth-order valence-corrected chi connectivity index (χ4v) is 2.83. The second-order valence-electron chi connectivity index (χ2n) is 3.68. The van der Waals surface area contributed by atoms with Crippen molar-refractivity contribution in [3.8, 4) is 0 Å². The maximum Gasteiger partial charge on any atom is 0.350 e. The molecule has 0 aliphatic carbocycles. The van der Waals surface area contributed by atoms with E-state index < -0.39 is 0 Å². The van der Waals surface area contributed by atoms with E-state index in [1.807, 2.05) is 12.1 Å². The maximum atomic E-state index is 11.5. The van der Waals surface area contributed by atoms with Crippen LogP contribution in [0.3, 0.4) is 0 Å². The van der Waals surface area contributed by atoms with Crippen molar-refractivity contribution in [2.45, 2.75) is 6.92 Å². The molecule has 0 spiro atoms. The molecular weight excluding hydrogens is 352 g/mol. The number of halogens is 2. The molecule has 7 heteroatoms. The standard InChI is InChI=1S/C12H10BrClN2O2S/c1-6-10(11(17)18-2)19-12(15-6)16-7-3-4-9(14)8(13)5-7/h3-5H,1-2H3,(H,15,16). The average Bonchev–Trinajstić information content (AvgIpc) is 2.74. The highest BCUT2D eigenvalue weighted by Crippen LogP contribution is 2.30. The Morgan fingerprint density at radius 2 is 2.26 bits per heavy atom. The number of esters is 1. The smallest absolute Gasteiger partial charge is 0.350 e. The van der Waals surface area contributed by atoms with E-state index in [4.69, 9.17) is 16.3 Å². The van der Waals surface area contributed by atoms with Crippen molar-refractivity contribution in [3.63, 3.8) is 0 Å². The lowest BCUT2D eigenvalue weighted by Gasteiger charge is -2.03. The van der Waals surface area contributed by atoms with E-state index in [9.17, 15) is 4.79 Å². The van der Waals surface area contributed by atoms with Crippen LogP contribution in [0.5, 0.6) is 0 Å². The van der Waals surface area contributed by atoms with Crippen LogP contribution in [-0.2, 0) is 4.74 Å². The van der Waals surface area contributed by atoms with E-state index in [2.05, 4.69) is 26.2 Å². The molecule has 0 radical (unpaired) electrons. The minimum Gasteiger partial charge on any atom is -0.465 e. The van der Waals surface area contributed by atoms with Gasteiger partial charge in [-0.15, -0.1) is 0 Å². The molecule has 0 aliphatic rings. The third kappa shape index (κ3) is 3.26. The molecule has 2 rings (SSSR count). The first-order valence-electron chi connectivity index (χ1n) is 5.29. The third-order valence-electron chi connectivity index (χ3n) is 2.34. The van der Waals surface area contributed by atoms with Crippen LogP contribution in [0.1, 0.15) is 15.4 Å². The number of methoxy groups -OCH3 is 1. The summed E-state index contributed by atoms with van der Waals surface area (Å²) in [5, 5.41) is 4.39. The number of anilines is 2. The molecule has 0 aliphatic heterocycles. The van der Waals surface area contributed by atoms with E-state index in [0.717, 1.165) is 10.2 Å². The zero-order chi connectivity index (χ0) is 14.0. The highest BCUT2D eigenvalue weighted by atomic mass is 79.9. The van der Waals surface area contributed by atoms with Crippen molar-refractivity contribution >= 4 is 55.7 Å². The average molecular weight is 362 g/mol. The molecule has 1 aromatic heterocycles. The Kier molecular flexibility index (Phi) is 4.44. The van der Waals surface area contributed by atoms with Gasteiger partial charge in [0.1, 0.15) is 4.88 Å². The summed E-state index contributed by atoms with van der Waals surface area (Å²) < 4.78 is 5.49. The second-order valence-corrected chi connectivity index (χ2v) is 5.94. The summed E-state index contributed by atoms with van der Waals surface area (Å²) in [6.45, 7) is 1.77. The van der Waals surface area contributed by atoms with Crippen LogP contribution in [0, 0.1) is 6.92 Å². The first kappa shape index (κ1) is 14.3. The summed E-state index contributed by atoms with van der Waals surface area (Å²) in [6, 6.07) is 5.45. The molecule has 100 valence electrons. The van der Waals surface area contributed by atoms with Crippen LogP contribution in [0.25, 0.3) is 0 Å². The molecule has 0 fully saturated rings. The van der Waals surface area contributed by atoms with Gasteiger partial charge in [0, 0.05) is 10.2 Å². The van der Waals surface area contributed by atoms with Gasteiger partial charge in [-0.05, 0) is 41.1 Å². The molecular formula is C12H10BrClN2O2S. The normalized spacial score (nSPS) is 10.3. The van der Waals surface area contributed by atoms with E-state index >= 15 is 0 Å². The van der Waals surface area contributed by atoms with Crippen molar-refractivity contribution in [1.29, 1.82) is 0 Å². The summed E-state index contributed by atoms with van der Waals surface area (Å²) in [5.74, 6) is -0.375. The molecule has 2 aromatic rings. The number of hydrogen-bond acceptors (Lipinski definition) is 5. The van der Waals surface area contributed by atoms with Crippen LogP contribution < -0.4 is 5.32 Å². The molecule has 1 heterocycles. The second kappa shape index (κ2) is 5.90. The largest absolute Gasteiger partial charge is 0.465 e. The fraction of sp³-hybridized carbons (Fsp3) is 0.167. The van der Waals surface area contributed by atoms with Gasteiger partial charge in [0.25, 0.3) is 0 Å². The number of nitrogens with zero attached hydrogens (tertiary/aromatic N) is 1. The number of hydrogen-bond donors (Lipinski definition) is 1. The number of benzene rings is 1. The lowest BCUT2D eigenvalue weighted by Crippen LogP contribution is -1.99. The highest BCUT2D eigenvalue weighted by Gasteiger charge is 2.15. The number of rotatable bonds is 3. The van der Waals surface area contributed by atoms with Crippen LogP contribution in [0.4, 0.5) is 10.8 Å². The minimum atomic E-state index is -0.375. The van der Waals surface area contributed by atoms with Gasteiger partial charge in [0.15, 0.2) is 5.13 Å². The Bertz CT molecular complexity index is 630. The minimum absolute atomic E-state index is 0.375. The van der Waals surface area contributed by atoms with Crippen molar-refractivity contribution < 1.29 is 9.53 Å². The van der Waals surface area contributed by atoms with Crippen LogP contribution in [-0.4, -0.2) is 18.1 Å². The summed E-state index contributed by atoms with van der Waals surface area (Å²) in [4.78, 5) is 16.3. The van der Waals surface area contributed by atoms with E-state index in [0.29, 0.717) is 20.7 Å². The number of aromatic nitrogens is 1. The lowest BCUT2D eigenvalue weighted by molar-refractivity contribution is 0.0605. The molecule has 0 amide bonds. The van der Waals surface area contributed by atoms with Gasteiger partial charge in [-0.25, -0.2) is 9.78 Å². The predicted molar refractivity (Wildman–Crippen MR) is 80.6 cm³/mol. The summed E-state index contributed by atoms with van der Waals surface area (Å²) in [6.07, 6.45) is 0. The number of carbonyl (C=O) groups excluding carboxylic acids is 1. The number of nitrogens with one attached hydrogen (secondary N) is 1. The van der Waals surface area contributed by atoms with Crippen LogP contribution in [0.2, 0.25) is 5.02 Å². The third-order valence-corrected chi connectivity index (χ3v) is 4.61. The van der Waals surface area contributed by atoms with Gasteiger partial charge in [0.05, 0.1) is 17.8 Å². The first-order valence-corrected chi connectivity index (χ1v) is 7.28. The summed E-state index contributed by atoms with van der Waals surface area (Å²) in [5.41, 5.74) is 1.48. The van der Waals surface area contributed by atoms with Gasteiger partial charge in [-0.1, -0.05) is 22.9 Å². The number of carbonyl (C=O) groups is 1. The van der Waals surface area contributed by atoms with Crippen molar-refractivity contribution in [2.75, 3.05) is 12.4 Å². The fourth-order valence-electron chi connectivity index (χ4n) is 1.43. The van der Waals surface area contributed by atoms with Gasteiger partial charge >= 0.3 is 5.97 Å². The first-order chi connectivity index (χ1) is 9.01. The molecule has 0 saturated carbocycles. The van der Waals surface area contributed by atoms with Gasteiger partial charge in [0.2, 0.25) is 0 Å². The zero-order valence-corrected chi connectivity index (χ0v) is 13.3. The van der Waals surface area contributed by atoms with Crippen molar-refractivity contribution in [1.82, 2.24) is 4.98 Å². The zero-order valence-electron chi connectivity index (χ0n) is 10.2. The SMILES string of the molecule is COC(=O)c1sc(Nc2ccc(Cl)c(Br)c2)nc1C. The van der Waals surface area contributed by atoms with E-state index in [1.165, 1.54) is 18.4 Å². The molecule has 0 bridgehead atoms. The summed E-state index contributed by atoms with van der Waals surface area (Å²) >= 11 is 10.5. The molecule has 1 aromatic carbocycles. The Hall–Kier alpha value is -1.11. The van der Waals surface area contributed by atoms with Gasteiger partial charge < -0.3 is 10.1 Å². The Labute approximate surface area is 127 Å². The molecule has 0 saturated heterocycles. The summed E-state index contributed by atoms with van der Waals surface area (Å²) in [7, 11) is 1.35. The Balaban J connectivity index is 2.24. The number of thiazole rings is 1. The van der Waals surface area contributed by atoms with Gasteiger partial charge in [-0.2, -0.15) is 0 Å². The molecule has 0 unspecified atom stereocenters. The van der Waals surface area contributed by atoms with E-state index in [1.54, 1.807) is 13.0 Å². The van der Waals surface area contributed by atoms with Crippen molar-refractivity contribution in [3.05, 3.63) is 38.3 Å². The molecule has 19 heavy (non-hydrogen) atoms. The molecule has 1 N–H and O–H groups in total. The quantitative estimate of drug-likeness (QED) is 0.823. The molecule has 0 atom stereocenters. The Morgan fingerprint density at radius 1 is 1.53 bits per heavy atom.